The van der Waals surface area contributed by atoms with Crippen molar-refractivity contribution < 1.29 is 4.79 Å². The maximum absolute atomic E-state index is 11.9. The smallest absolute Gasteiger partial charge is 0.243 e. The standard InChI is InChI=1S/C21H28N4O.HI/c1-17(19-12-8-5-9-13-19)24-21(23-16-20(26)25(2)3)22-15-14-18-10-6-4-7-11-18;/h4-13,17H,14-16H2,1-3H3,(H2,22,23,24);1H. The lowest BCUT2D eigenvalue weighted by Gasteiger charge is -2.19. The van der Waals surface area contributed by atoms with E-state index in [9.17, 15) is 4.79 Å². The molecule has 0 fully saturated rings. The van der Waals surface area contributed by atoms with Gasteiger partial charge in [0, 0.05) is 20.6 Å². The molecule has 0 saturated carbocycles. The van der Waals surface area contributed by atoms with Crippen molar-refractivity contribution in [2.24, 2.45) is 4.99 Å². The number of carbonyl (C=O) groups is 1. The van der Waals surface area contributed by atoms with Crippen LogP contribution in [0.15, 0.2) is 65.7 Å². The molecule has 5 nitrogen and oxygen atoms in total. The van der Waals surface area contributed by atoms with Gasteiger partial charge in [-0.15, -0.1) is 24.0 Å². The molecule has 0 aliphatic heterocycles. The van der Waals surface area contributed by atoms with E-state index in [1.54, 1.807) is 19.0 Å². The van der Waals surface area contributed by atoms with E-state index in [1.807, 2.05) is 36.4 Å². The molecule has 2 aromatic carbocycles. The molecule has 27 heavy (non-hydrogen) atoms. The van der Waals surface area contributed by atoms with Crippen LogP contribution in [0.3, 0.4) is 0 Å². The number of aliphatic imine (C=N–C) groups is 1. The lowest BCUT2D eigenvalue weighted by Crippen LogP contribution is -2.40. The van der Waals surface area contributed by atoms with Crippen molar-refractivity contribution in [2.45, 2.75) is 19.4 Å². The topological polar surface area (TPSA) is 56.7 Å². The Labute approximate surface area is 179 Å². The zero-order valence-corrected chi connectivity index (χ0v) is 18.5. The number of nitrogens with zero attached hydrogens (tertiary/aromatic N) is 2. The second kappa shape index (κ2) is 12.3. The number of hydrogen-bond donors (Lipinski definition) is 2. The first-order valence-corrected chi connectivity index (χ1v) is 8.90. The van der Waals surface area contributed by atoms with Crippen LogP contribution in [0.4, 0.5) is 0 Å². The molecule has 1 unspecified atom stereocenters. The molecule has 0 radical (unpaired) electrons. The van der Waals surface area contributed by atoms with Gasteiger partial charge in [-0.3, -0.25) is 4.79 Å². The van der Waals surface area contributed by atoms with E-state index in [1.165, 1.54) is 11.1 Å². The summed E-state index contributed by atoms with van der Waals surface area (Å²) in [6, 6.07) is 20.6. The van der Waals surface area contributed by atoms with Crippen molar-refractivity contribution in [1.82, 2.24) is 15.5 Å². The number of guanidine groups is 1. The summed E-state index contributed by atoms with van der Waals surface area (Å²) in [6.45, 7) is 2.94. The lowest BCUT2D eigenvalue weighted by atomic mass is 10.1. The van der Waals surface area contributed by atoms with Gasteiger partial charge in [-0.25, -0.2) is 4.99 Å². The Bertz CT molecular complexity index is 705. The van der Waals surface area contributed by atoms with Crippen molar-refractivity contribution in [2.75, 3.05) is 27.2 Å². The van der Waals surface area contributed by atoms with Crippen molar-refractivity contribution in [1.29, 1.82) is 0 Å². The molecule has 0 saturated heterocycles. The summed E-state index contributed by atoms with van der Waals surface area (Å²) < 4.78 is 0. The third kappa shape index (κ3) is 8.43. The fourth-order valence-electron chi connectivity index (χ4n) is 2.44. The van der Waals surface area contributed by atoms with Gasteiger partial charge in [0.1, 0.15) is 6.54 Å². The van der Waals surface area contributed by atoms with Gasteiger partial charge < -0.3 is 15.5 Å². The van der Waals surface area contributed by atoms with Gasteiger partial charge in [-0.2, -0.15) is 0 Å². The lowest BCUT2D eigenvalue weighted by molar-refractivity contribution is -0.127. The van der Waals surface area contributed by atoms with Crippen LogP contribution >= 0.6 is 24.0 Å². The molecule has 2 rings (SSSR count). The molecule has 2 N–H and O–H groups in total. The molecular weight excluding hydrogens is 451 g/mol. The first kappa shape index (κ1) is 23.0. The summed E-state index contributed by atoms with van der Waals surface area (Å²) >= 11 is 0. The summed E-state index contributed by atoms with van der Waals surface area (Å²) in [5.41, 5.74) is 2.43. The van der Waals surface area contributed by atoms with Crippen LogP contribution in [0, 0.1) is 0 Å². The predicted molar refractivity (Wildman–Crippen MR) is 123 cm³/mol. The number of nitrogens with one attached hydrogen (secondary N) is 2. The van der Waals surface area contributed by atoms with Gasteiger partial charge in [-0.05, 0) is 24.5 Å². The van der Waals surface area contributed by atoms with E-state index in [4.69, 9.17) is 0 Å². The van der Waals surface area contributed by atoms with E-state index >= 15 is 0 Å². The molecule has 1 atom stereocenters. The molecule has 0 heterocycles. The fraction of sp³-hybridized carbons (Fsp3) is 0.333. The largest absolute Gasteiger partial charge is 0.356 e. The van der Waals surface area contributed by atoms with E-state index in [0.717, 1.165) is 13.0 Å². The second-order valence-electron chi connectivity index (χ2n) is 6.39. The fourth-order valence-corrected chi connectivity index (χ4v) is 2.44. The number of hydrogen-bond acceptors (Lipinski definition) is 2. The highest BCUT2D eigenvalue weighted by Gasteiger charge is 2.09. The number of rotatable bonds is 7. The Kier molecular flexibility index (Phi) is 10.5. The Morgan fingerprint density at radius 3 is 2.22 bits per heavy atom. The number of carbonyl (C=O) groups excluding carboxylic acids is 1. The maximum atomic E-state index is 11.9. The third-order valence-corrected chi connectivity index (χ3v) is 4.07. The summed E-state index contributed by atoms with van der Waals surface area (Å²) in [7, 11) is 3.47. The zero-order chi connectivity index (χ0) is 18.8. The summed E-state index contributed by atoms with van der Waals surface area (Å²) in [6.07, 6.45) is 0.892. The normalized spacial score (nSPS) is 11.9. The Morgan fingerprint density at radius 1 is 1.04 bits per heavy atom. The van der Waals surface area contributed by atoms with Crippen molar-refractivity contribution in [3.8, 4) is 0 Å². The van der Waals surface area contributed by atoms with Crippen molar-refractivity contribution in [3.05, 3.63) is 71.8 Å². The van der Waals surface area contributed by atoms with Gasteiger partial charge in [0.15, 0.2) is 5.96 Å². The molecule has 0 spiro atoms. The number of likely N-dealkylation sites (N-methyl/N-ethyl adjacent to an activating group) is 1. The highest BCUT2D eigenvalue weighted by Crippen LogP contribution is 2.10. The molecule has 146 valence electrons. The van der Waals surface area contributed by atoms with Gasteiger partial charge in [-0.1, -0.05) is 60.7 Å². The van der Waals surface area contributed by atoms with Crippen molar-refractivity contribution >= 4 is 35.8 Å². The van der Waals surface area contributed by atoms with E-state index < -0.39 is 0 Å². The number of amides is 1. The van der Waals surface area contributed by atoms with E-state index in [2.05, 4.69) is 46.8 Å². The Hall–Kier alpha value is -2.09. The monoisotopic (exact) mass is 480 g/mol. The van der Waals surface area contributed by atoms with Crippen LogP contribution in [0.25, 0.3) is 0 Å². The van der Waals surface area contributed by atoms with Gasteiger partial charge in [0.05, 0.1) is 6.04 Å². The van der Waals surface area contributed by atoms with Gasteiger partial charge in [0.25, 0.3) is 0 Å². The van der Waals surface area contributed by atoms with Crippen LogP contribution in [-0.2, 0) is 11.2 Å². The highest BCUT2D eigenvalue weighted by molar-refractivity contribution is 14.0. The van der Waals surface area contributed by atoms with Crippen LogP contribution in [0.2, 0.25) is 0 Å². The summed E-state index contributed by atoms with van der Waals surface area (Å²) in [4.78, 5) is 17.9. The van der Waals surface area contributed by atoms with Gasteiger partial charge >= 0.3 is 0 Å². The average molecular weight is 480 g/mol. The van der Waals surface area contributed by atoms with E-state index in [-0.39, 0.29) is 42.5 Å². The minimum atomic E-state index is -0.0264. The Morgan fingerprint density at radius 2 is 1.63 bits per heavy atom. The Balaban J connectivity index is 0.00000364. The third-order valence-electron chi connectivity index (χ3n) is 4.07. The minimum absolute atomic E-state index is 0. The van der Waals surface area contributed by atoms with E-state index in [0.29, 0.717) is 5.96 Å². The quantitative estimate of drug-likeness (QED) is 0.364. The average Bonchev–Trinajstić information content (AvgIpc) is 2.67. The minimum Gasteiger partial charge on any atom is -0.356 e. The predicted octanol–water partition coefficient (Wildman–Crippen LogP) is 3.23. The van der Waals surface area contributed by atoms with Crippen LogP contribution in [0.5, 0.6) is 0 Å². The molecular formula is C21H29IN4O. The van der Waals surface area contributed by atoms with Crippen molar-refractivity contribution in [3.63, 3.8) is 0 Å². The first-order chi connectivity index (χ1) is 12.6. The molecule has 0 aliphatic rings. The first-order valence-electron chi connectivity index (χ1n) is 8.90. The second-order valence-corrected chi connectivity index (χ2v) is 6.39. The summed E-state index contributed by atoms with van der Waals surface area (Å²) in [5, 5.41) is 6.71. The van der Waals surface area contributed by atoms with Crippen LogP contribution in [0.1, 0.15) is 24.1 Å². The molecule has 6 heteroatoms. The molecule has 0 aromatic heterocycles. The van der Waals surface area contributed by atoms with Crippen LogP contribution in [-0.4, -0.2) is 44.0 Å². The van der Waals surface area contributed by atoms with Gasteiger partial charge in [0.2, 0.25) is 5.91 Å². The van der Waals surface area contributed by atoms with Crippen LogP contribution < -0.4 is 10.6 Å². The SMILES string of the molecule is CC(NC(=NCC(=O)N(C)C)NCCc1ccccc1)c1ccccc1.I. The molecule has 0 aliphatic carbocycles. The molecule has 2 aromatic rings. The number of benzene rings is 2. The zero-order valence-electron chi connectivity index (χ0n) is 16.2. The summed E-state index contributed by atoms with van der Waals surface area (Å²) in [5.74, 6) is 0.619. The highest BCUT2D eigenvalue weighted by atomic mass is 127. The number of halogens is 1. The molecule has 0 bridgehead atoms. The molecule has 1 amide bonds. The maximum Gasteiger partial charge on any atom is 0.243 e.